The molecule has 1 aliphatic rings. The van der Waals surface area contributed by atoms with Gasteiger partial charge in [0.25, 0.3) is 5.91 Å². The van der Waals surface area contributed by atoms with Gasteiger partial charge in [0.05, 0.1) is 36.1 Å². The Labute approximate surface area is 299 Å². The first kappa shape index (κ1) is 37.1. The SMILES string of the molecule is C[C@@H]1CCCCO[C@H](CN(C)C(=O)Nc2cccc3ccccc23)[C@H](C)CN([C@@H](C)CO)C(=O)c2cc(NC(=O)Nc3ccccc3)ccc2O1. The first-order chi connectivity index (χ1) is 24.6. The molecule has 1 heterocycles. The third-order valence-corrected chi connectivity index (χ3v) is 9.17. The van der Waals surface area contributed by atoms with Crippen LogP contribution in [0.4, 0.5) is 26.7 Å². The van der Waals surface area contributed by atoms with Crippen LogP contribution in [-0.4, -0.2) is 84.5 Å². The van der Waals surface area contributed by atoms with Crippen molar-refractivity contribution in [2.75, 3.05) is 49.3 Å². The molecule has 0 aliphatic carbocycles. The quantitative estimate of drug-likeness (QED) is 0.159. The van der Waals surface area contributed by atoms with Crippen molar-refractivity contribution in [1.29, 1.82) is 0 Å². The Kier molecular flexibility index (Phi) is 12.9. The molecule has 11 nitrogen and oxygen atoms in total. The number of hydrogen-bond acceptors (Lipinski definition) is 6. The third kappa shape index (κ3) is 9.99. The molecule has 4 atom stereocenters. The second-order valence-electron chi connectivity index (χ2n) is 13.3. The lowest BCUT2D eigenvalue weighted by molar-refractivity contribution is -0.0115. The van der Waals surface area contributed by atoms with Crippen molar-refractivity contribution in [3.8, 4) is 5.75 Å². The minimum Gasteiger partial charge on any atom is -0.490 e. The number of ether oxygens (including phenoxy) is 2. The van der Waals surface area contributed by atoms with E-state index in [1.54, 1.807) is 54.1 Å². The largest absolute Gasteiger partial charge is 0.490 e. The van der Waals surface area contributed by atoms with Crippen LogP contribution in [0, 0.1) is 5.92 Å². The van der Waals surface area contributed by atoms with Crippen molar-refractivity contribution in [3.63, 3.8) is 0 Å². The molecule has 0 fully saturated rings. The average Bonchev–Trinajstić information content (AvgIpc) is 3.13. The molecule has 5 amide bonds. The normalized spacial score (nSPS) is 19.2. The number of hydrogen-bond donors (Lipinski definition) is 4. The molecule has 51 heavy (non-hydrogen) atoms. The van der Waals surface area contributed by atoms with Crippen LogP contribution >= 0.6 is 0 Å². The molecule has 1 aliphatic heterocycles. The van der Waals surface area contributed by atoms with E-state index in [0.29, 0.717) is 23.7 Å². The number of fused-ring (bicyclic) bond motifs is 2. The highest BCUT2D eigenvalue weighted by atomic mass is 16.5. The number of carbonyl (C=O) groups excluding carboxylic acids is 3. The fourth-order valence-corrected chi connectivity index (χ4v) is 6.18. The molecular weight excluding hydrogens is 646 g/mol. The first-order valence-corrected chi connectivity index (χ1v) is 17.6. The molecule has 0 saturated heterocycles. The molecule has 0 aromatic heterocycles. The number of nitrogens with zero attached hydrogens (tertiary/aromatic N) is 2. The molecule has 0 radical (unpaired) electrons. The molecule has 4 aromatic rings. The molecule has 0 bridgehead atoms. The zero-order valence-electron chi connectivity index (χ0n) is 29.8. The van der Waals surface area contributed by atoms with Gasteiger partial charge < -0.3 is 40.3 Å². The minimum absolute atomic E-state index is 0.193. The molecular formula is C40H49N5O6. The molecule has 11 heteroatoms. The zero-order chi connectivity index (χ0) is 36.3. The fourth-order valence-electron chi connectivity index (χ4n) is 6.18. The second-order valence-corrected chi connectivity index (χ2v) is 13.3. The number of aliphatic hydroxyl groups is 1. The highest BCUT2D eigenvalue weighted by Gasteiger charge is 2.31. The van der Waals surface area contributed by atoms with Gasteiger partial charge in [-0.2, -0.15) is 0 Å². The van der Waals surface area contributed by atoms with Crippen LogP contribution in [0.2, 0.25) is 0 Å². The van der Waals surface area contributed by atoms with Crippen molar-refractivity contribution in [2.24, 2.45) is 5.92 Å². The fraction of sp³-hybridized carbons (Fsp3) is 0.375. The summed E-state index contributed by atoms with van der Waals surface area (Å²) in [6.07, 6.45) is 1.78. The predicted octanol–water partition coefficient (Wildman–Crippen LogP) is 7.44. The van der Waals surface area contributed by atoms with E-state index in [9.17, 15) is 19.5 Å². The number of benzene rings is 4. The van der Waals surface area contributed by atoms with Gasteiger partial charge in [0.1, 0.15) is 5.75 Å². The van der Waals surface area contributed by atoms with E-state index in [2.05, 4.69) is 16.0 Å². The van der Waals surface area contributed by atoms with Crippen LogP contribution in [0.15, 0.2) is 91.0 Å². The van der Waals surface area contributed by atoms with Crippen molar-refractivity contribution < 1.29 is 29.0 Å². The van der Waals surface area contributed by atoms with Gasteiger partial charge in [0.15, 0.2) is 0 Å². The zero-order valence-corrected chi connectivity index (χ0v) is 29.8. The second kappa shape index (κ2) is 17.7. The number of amides is 5. The number of likely N-dealkylation sites (N-methyl/N-ethyl adjacent to an activating group) is 1. The van der Waals surface area contributed by atoms with Gasteiger partial charge in [-0.25, -0.2) is 9.59 Å². The maximum atomic E-state index is 14.4. The summed E-state index contributed by atoms with van der Waals surface area (Å²) in [6, 6.07) is 26.5. The summed E-state index contributed by atoms with van der Waals surface area (Å²) in [7, 11) is 1.74. The van der Waals surface area contributed by atoms with Crippen LogP contribution in [0.3, 0.4) is 0 Å². The van der Waals surface area contributed by atoms with Crippen molar-refractivity contribution in [2.45, 2.75) is 58.3 Å². The standard InChI is InChI=1S/C40H49N5O6/c1-27-24-45(28(2)26-46)38(47)34-23-32(42-39(48)41-31-16-6-5-7-17-31)20-21-36(34)51-29(3)13-10-11-22-50-37(27)25-44(4)40(49)43-35-19-12-15-30-14-8-9-18-33(30)35/h5-9,12,14-21,23,27-29,37,46H,10-11,13,22,24-26H2,1-4H3,(H,43,49)(H2,41,42,48)/t27-,28+,29-,37-/m1/s1. The minimum atomic E-state index is -0.538. The first-order valence-electron chi connectivity index (χ1n) is 17.6. The van der Waals surface area contributed by atoms with Crippen LogP contribution in [0.1, 0.15) is 50.4 Å². The molecule has 4 N–H and O–H groups in total. The van der Waals surface area contributed by atoms with Crippen LogP contribution < -0.4 is 20.7 Å². The molecule has 270 valence electrons. The van der Waals surface area contributed by atoms with Crippen LogP contribution in [0.5, 0.6) is 5.75 Å². The van der Waals surface area contributed by atoms with E-state index >= 15 is 0 Å². The highest BCUT2D eigenvalue weighted by Crippen LogP contribution is 2.29. The van der Waals surface area contributed by atoms with Gasteiger partial charge in [-0.3, -0.25) is 4.79 Å². The summed E-state index contributed by atoms with van der Waals surface area (Å²) in [5.74, 6) is -0.172. The number of nitrogens with one attached hydrogen (secondary N) is 3. The average molecular weight is 696 g/mol. The van der Waals surface area contributed by atoms with Crippen molar-refractivity contribution in [3.05, 3.63) is 96.6 Å². The van der Waals surface area contributed by atoms with E-state index in [-0.39, 0.29) is 49.2 Å². The molecule has 4 aromatic carbocycles. The number of para-hydroxylation sites is 1. The van der Waals surface area contributed by atoms with Gasteiger partial charge in [0, 0.05) is 49.4 Å². The van der Waals surface area contributed by atoms with Crippen LogP contribution in [0.25, 0.3) is 10.8 Å². The van der Waals surface area contributed by atoms with E-state index in [0.717, 1.165) is 35.7 Å². The van der Waals surface area contributed by atoms with Crippen LogP contribution in [-0.2, 0) is 4.74 Å². The maximum Gasteiger partial charge on any atom is 0.323 e. The van der Waals surface area contributed by atoms with Crippen molar-refractivity contribution >= 4 is 45.8 Å². The Bertz CT molecular complexity index is 1780. The summed E-state index contributed by atoms with van der Waals surface area (Å²) in [5.41, 5.74) is 2.04. The lowest BCUT2D eigenvalue weighted by Gasteiger charge is -2.35. The van der Waals surface area contributed by atoms with E-state index in [1.165, 1.54) is 0 Å². The van der Waals surface area contributed by atoms with E-state index in [4.69, 9.17) is 9.47 Å². The Morgan fingerprint density at radius 3 is 2.43 bits per heavy atom. The molecule has 0 unspecified atom stereocenters. The van der Waals surface area contributed by atoms with Crippen molar-refractivity contribution in [1.82, 2.24) is 9.80 Å². The van der Waals surface area contributed by atoms with Gasteiger partial charge in [0.2, 0.25) is 0 Å². The summed E-state index contributed by atoms with van der Waals surface area (Å²) in [6.45, 7) is 6.48. The van der Waals surface area contributed by atoms with Gasteiger partial charge >= 0.3 is 12.1 Å². The monoisotopic (exact) mass is 695 g/mol. The lowest BCUT2D eigenvalue weighted by Crippen LogP contribution is -2.48. The number of carbonyl (C=O) groups is 3. The third-order valence-electron chi connectivity index (χ3n) is 9.17. The number of aliphatic hydroxyl groups excluding tert-OH is 1. The van der Waals surface area contributed by atoms with Gasteiger partial charge in [-0.1, -0.05) is 61.5 Å². The van der Waals surface area contributed by atoms with Gasteiger partial charge in [-0.05, 0) is 74.9 Å². The smallest absolute Gasteiger partial charge is 0.323 e. The predicted molar refractivity (Wildman–Crippen MR) is 202 cm³/mol. The topological polar surface area (TPSA) is 132 Å². The Morgan fingerprint density at radius 2 is 1.65 bits per heavy atom. The summed E-state index contributed by atoms with van der Waals surface area (Å²) in [5, 5.41) is 20.9. The van der Waals surface area contributed by atoms with E-state index < -0.39 is 18.2 Å². The number of anilines is 3. The molecule has 0 saturated carbocycles. The van der Waals surface area contributed by atoms with E-state index in [1.807, 2.05) is 74.5 Å². The van der Waals surface area contributed by atoms with Gasteiger partial charge in [-0.15, -0.1) is 0 Å². The summed E-state index contributed by atoms with van der Waals surface area (Å²) >= 11 is 0. The molecule has 0 spiro atoms. The maximum absolute atomic E-state index is 14.4. The highest BCUT2D eigenvalue weighted by molar-refractivity contribution is 6.03. The lowest BCUT2D eigenvalue weighted by atomic mass is 10.0. The Balaban J connectivity index is 1.37. The molecule has 5 rings (SSSR count). The summed E-state index contributed by atoms with van der Waals surface area (Å²) < 4.78 is 12.7. The Morgan fingerprint density at radius 1 is 0.922 bits per heavy atom. The number of rotatable bonds is 7. The number of urea groups is 2. The Hall–Kier alpha value is -5.13. The summed E-state index contributed by atoms with van der Waals surface area (Å²) in [4.78, 5) is 43.9.